The molecule has 0 radical (unpaired) electrons. The van der Waals surface area contributed by atoms with Crippen LogP contribution in [0.2, 0.25) is 0 Å². The average Bonchev–Trinajstić information content (AvgIpc) is 2.84. The first-order chi connectivity index (χ1) is 18.3. The zero-order chi connectivity index (χ0) is 29.5. The summed E-state index contributed by atoms with van der Waals surface area (Å²) < 4.78 is 30.4. The van der Waals surface area contributed by atoms with Crippen molar-refractivity contribution in [3.05, 3.63) is 18.2 Å². The molecule has 8 nitrogen and oxygen atoms in total. The predicted molar refractivity (Wildman–Crippen MR) is 159 cm³/mol. The minimum absolute atomic E-state index is 0.0904. The highest BCUT2D eigenvalue weighted by Crippen LogP contribution is 2.29. The zero-order valence-corrected chi connectivity index (χ0v) is 25.7. The summed E-state index contributed by atoms with van der Waals surface area (Å²) in [6, 6.07) is 4.72. The van der Waals surface area contributed by atoms with Gasteiger partial charge in [-0.1, -0.05) is 92.4 Å². The van der Waals surface area contributed by atoms with E-state index in [4.69, 9.17) is 4.74 Å². The number of rotatable bonds is 19. The number of benzene rings is 1. The smallest absolute Gasteiger partial charge is 0.231 e. The van der Waals surface area contributed by atoms with Crippen molar-refractivity contribution in [1.29, 1.82) is 0 Å². The molecule has 39 heavy (non-hydrogen) atoms. The second kappa shape index (κ2) is 17.3. The van der Waals surface area contributed by atoms with Gasteiger partial charge in [0, 0.05) is 17.0 Å². The maximum atomic E-state index is 12.7. The average molecular weight is 567 g/mol. The van der Waals surface area contributed by atoms with E-state index in [0.29, 0.717) is 23.5 Å². The van der Waals surface area contributed by atoms with Crippen LogP contribution in [0.25, 0.3) is 0 Å². The van der Waals surface area contributed by atoms with E-state index in [1.807, 2.05) is 0 Å². The summed E-state index contributed by atoms with van der Waals surface area (Å²) in [7, 11) is -1.90. The summed E-state index contributed by atoms with van der Waals surface area (Å²) in [4.78, 5) is 37.3. The van der Waals surface area contributed by atoms with E-state index in [9.17, 15) is 22.8 Å². The van der Waals surface area contributed by atoms with Gasteiger partial charge in [0.1, 0.15) is 11.5 Å². The molecule has 1 aromatic rings. The highest BCUT2D eigenvalue weighted by molar-refractivity contribution is 7.91. The Hall–Kier alpha value is -2.42. The van der Waals surface area contributed by atoms with Gasteiger partial charge in [-0.15, -0.1) is 0 Å². The molecule has 9 heteroatoms. The normalized spacial score (nSPS) is 12.6. The number of unbranched alkanes of at least 4 members (excludes halogenated alkanes) is 9. The molecular formula is C30H50N2O6S. The summed E-state index contributed by atoms with van der Waals surface area (Å²) >= 11 is 0. The van der Waals surface area contributed by atoms with Crippen LogP contribution in [0.15, 0.2) is 18.2 Å². The van der Waals surface area contributed by atoms with E-state index in [2.05, 4.69) is 17.6 Å². The van der Waals surface area contributed by atoms with Crippen LogP contribution in [0.1, 0.15) is 105 Å². The maximum Gasteiger partial charge on any atom is 0.231 e. The predicted octanol–water partition coefficient (Wildman–Crippen LogP) is 6.55. The number of amides is 2. The molecule has 0 bridgehead atoms. The number of methoxy groups -OCH3 is 1. The quantitative estimate of drug-likeness (QED) is 0.145. The van der Waals surface area contributed by atoms with Crippen LogP contribution < -0.4 is 15.4 Å². The van der Waals surface area contributed by atoms with Crippen LogP contribution >= 0.6 is 0 Å². The zero-order valence-electron chi connectivity index (χ0n) is 24.9. The fourth-order valence-electron chi connectivity index (χ4n) is 4.10. The van der Waals surface area contributed by atoms with E-state index < -0.39 is 33.0 Å². The Morgan fingerprint density at radius 1 is 0.897 bits per heavy atom. The second-order valence-electron chi connectivity index (χ2n) is 11.5. The van der Waals surface area contributed by atoms with Gasteiger partial charge in [-0.2, -0.15) is 0 Å². The number of carbonyl (C=O) groups is 3. The van der Waals surface area contributed by atoms with Crippen molar-refractivity contribution >= 4 is 38.8 Å². The molecule has 0 heterocycles. The van der Waals surface area contributed by atoms with Crippen molar-refractivity contribution in [2.24, 2.45) is 11.3 Å². The number of nitrogens with one attached hydrogen (secondary N) is 2. The van der Waals surface area contributed by atoms with Gasteiger partial charge in [-0.25, -0.2) is 8.42 Å². The van der Waals surface area contributed by atoms with Crippen LogP contribution in [0.3, 0.4) is 0 Å². The Morgan fingerprint density at radius 2 is 1.46 bits per heavy atom. The van der Waals surface area contributed by atoms with Crippen LogP contribution in [0.4, 0.5) is 11.4 Å². The number of anilines is 2. The molecule has 0 aliphatic carbocycles. The van der Waals surface area contributed by atoms with Crippen molar-refractivity contribution in [3.63, 3.8) is 0 Å². The van der Waals surface area contributed by atoms with Crippen molar-refractivity contribution in [1.82, 2.24) is 0 Å². The summed E-state index contributed by atoms with van der Waals surface area (Å²) in [5.74, 6) is -1.59. The first kappa shape index (κ1) is 34.6. The molecule has 0 aromatic heterocycles. The van der Waals surface area contributed by atoms with Gasteiger partial charge in [-0.3, -0.25) is 14.4 Å². The third-order valence-electron chi connectivity index (χ3n) is 6.66. The maximum absolute atomic E-state index is 12.7. The Bertz CT molecular complexity index is 1030. The summed E-state index contributed by atoms with van der Waals surface area (Å²) in [5.41, 5.74) is 0.0572. The Kier molecular flexibility index (Phi) is 15.4. The number of sulfone groups is 1. The van der Waals surface area contributed by atoms with Crippen LogP contribution in [0, 0.1) is 11.3 Å². The topological polar surface area (TPSA) is 119 Å². The van der Waals surface area contributed by atoms with Gasteiger partial charge >= 0.3 is 0 Å². The van der Waals surface area contributed by atoms with Crippen LogP contribution in [0.5, 0.6) is 5.75 Å². The number of ether oxygens (including phenoxy) is 1. The highest BCUT2D eigenvalue weighted by atomic mass is 32.2. The first-order valence-electron chi connectivity index (χ1n) is 14.3. The Morgan fingerprint density at radius 3 is 2.00 bits per heavy atom. The van der Waals surface area contributed by atoms with Crippen molar-refractivity contribution in [2.75, 3.05) is 29.2 Å². The van der Waals surface area contributed by atoms with E-state index in [1.54, 1.807) is 39.8 Å². The van der Waals surface area contributed by atoms with Gasteiger partial charge in [0.25, 0.3) is 0 Å². The minimum Gasteiger partial charge on any atom is -0.495 e. The van der Waals surface area contributed by atoms with E-state index >= 15 is 0 Å². The lowest BCUT2D eigenvalue weighted by Crippen LogP contribution is -2.28. The molecule has 0 spiro atoms. The summed E-state index contributed by atoms with van der Waals surface area (Å²) in [5, 5.41) is 5.39. The van der Waals surface area contributed by atoms with Gasteiger partial charge in [0.05, 0.1) is 30.7 Å². The molecule has 0 saturated heterocycles. The Balaban J connectivity index is 2.55. The first-order valence-corrected chi connectivity index (χ1v) is 16.1. The fraction of sp³-hybridized carbons (Fsp3) is 0.700. The Labute approximate surface area is 236 Å². The lowest BCUT2D eigenvalue weighted by molar-refractivity contribution is -0.130. The summed E-state index contributed by atoms with van der Waals surface area (Å²) in [6.07, 6.45) is 11.0. The van der Waals surface area contributed by atoms with Crippen molar-refractivity contribution < 1.29 is 27.5 Å². The fourth-order valence-corrected chi connectivity index (χ4v) is 5.83. The molecule has 1 atom stereocenters. The number of hydrogen-bond acceptors (Lipinski definition) is 6. The molecule has 0 aliphatic heterocycles. The van der Waals surface area contributed by atoms with Crippen molar-refractivity contribution in [3.8, 4) is 5.75 Å². The molecule has 222 valence electrons. The van der Waals surface area contributed by atoms with Gasteiger partial charge in [0.15, 0.2) is 9.84 Å². The largest absolute Gasteiger partial charge is 0.495 e. The molecule has 2 N–H and O–H groups in total. The molecule has 1 unspecified atom stereocenters. The SMILES string of the molecule is CCCCCCCCCCCCS(=O)(=O)CC(C)C(=O)Nc1ccc(OC)c(NC(=O)CC(=O)C(C)(C)C)c1. The molecule has 2 amide bonds. The van der Waals surface area contributed by atoms with Gasteiger partial charge in [-0.05, 0) is 24.6 Å². The summed E-state index contributed by atoms with van der Waals surface area (Å²) in [6.45, 7) is 9.05. The molecule has 1 rings (SSSR count). The molecular weight excluding hydrogens is 516 g/mol. The minimum atomic E-state index is -3.35. The van der Waals surface area contributed by atoms with Gasteiger partial charge in [0.2, 0.25) is 11.8 Å². The van der Waals surface area contributed by atoms with E-state index in [1.165, 1.54) is 51.7 Å². The second-order valence-corrected chi connectivity index (χ2v) is 13.7. The number of carbonyl (C=O) groups excluding carboxylic acids is 3. The van der Waals surface area contributed by atoms with E-state index in [-0.39, 0.29) is 23.7 Å². The lowest BCUT2D eigenvalue weighted by Gasteiger charge is -2.17. The highest BCUT2D eigenvalue weighted by Gasteiger charge is 2.25. The number of Topliss-reactive ketones (excluding diaryl/α,β-unsaturated/α-hetero) is 1. The third-order valence-corrected chi connectivity index (χ3v) is 8.58. The lowest BCUT2D eigenvalue weighted by atomic mass is 9.89. The monoisotopic (exact) mass is 566 g/mol. The molecule has 0 saturated carbocycles. The molecule has 0 fully saturated rings. The van der Waals surface area contributed by atoms with Crippen LogP contribution in [-0.2, 0) is 24.2 Å². The van der Waals surface area contributed by atoms with Crippen molar-refractivity contribution in [2.45, 2.75) is 105 Å². The third kappa shape index (κ3) is 14.5. The van der Waals surface area contributed by atoms with Gasteiger partial charge < -0.3 is 15.4 Å². The standard InChI is InChI=1S/C30H50N2O6S/c1-7-8-9-10-11-12-13-14-15-16-19-39(36,37)22-23(2)29(35)31-24-17-18-26(38-6)25(20-24)32-28(34)21-27(33)30(3,4)5/h17-18,20,23H,7-16,19,21-22H2,1-6H3,(H,31,35)(H,32,34). The molecule has 0 aliphatic rings. The number of ketones is 1. The van der Waals surface area contributed by atoms with E-state index in [0.717, 1.165) is 19.3 Å². The number of hydrogen-bond donors (Lipinski definition) is 2. The van der Waals surface area contributed by atoms with Crippen LogP contribution in [-0.4, -0.2) is 44.6 Å². The molecule has 1 aromatic carbocycles.